The van der Waals surface area contributed by atoms with E-state index in [2.05, 4.69) is 20.3 Å². The maximum Gasteiger partial charge on any atom is 0.450 e. The number of imidazole rings is 1. The minimum atomic E-state index is -4.85. The minimum absolute atomic E-state index is 0.00859. The maximum absolute atomic E-state index is 13.7. The first-order valence-electron chi connectivity index (χ1n) is 8.96. The number of aromatic carboxylic acids is 1. The van der Waals surface area contributed by atoms with Crippen molar-refractivity contribution in [1.82, 2.24) is 19.5 Å². The summed E-state index contributed by atoms with van der Waals surface area (Å²) in [5.74, 6) is -4.15. The number of hydrogen-bond donors (Lipinski definition) is 2. The Bertz CT molecular complexity index is 1320. The second-order valence-electron chi connectivity index (χ2n) is 6.63. The van der Waals surface area contributed by atoms with E-state index >= 15 is 0 Å². The molecule has 0 aliphatic heterocycles. The summed E-state index contributed by atoms with van der Waals surface area (Å²) in [5.41, 5.74) is -0.236. The van der Waals surface area contributed by atoms with Crippen molar-refractivity contribution < 1.29 is 31.9 Å². The molecule has 2 heterocycles. The highest BCUT2D eigenvalue weighted by Gasteiger charge is 2.38. The molecule has 0 unspecified atom stereocenters. The van der Waals surface area contributed by atoms with Crippen molar-refractivity contribution in [3.63, 3.8) is 0 Å². The van der Waals surface area contributed by atoms with E-state index in [1.807, 2.05) is 0 Å². The number of carbonyl (C=O) groups is 1. The Morgan fingerprint density at radius 1 is 1.06 bits per heavy atom. The molecule has 0 aliphatic carbocycles. The molecule has 0 atom stereocenters. The van der Waals surface area contributed by atoms with Crippen LogP contribution in [-0.4, -0.2) is 30.6 Å². The highest BCUT2D eigenvalue weighted by atomic mass is 19.4. The fourth-order valence-electron chi connectivity index (χ4n) is 3.01. The van der Waals surface area contributed by atoms with Gasteiger partial charge in [-0.3, -0.25) is 4.57 Å². The van der Waals surface area contributed by atoms with Crippen LogP contribution in [0.2, 0.25) is 0 Å². The third-order valence-corrected chi connectivity index (χ3v) is 4.50. The predicted molar refractivity (Wildman–Crippen MR) is 102 cm³/mol. The molecule has 0 amide bonds. The highest BCUT2D eigenvalue weighted by Crippen LogP contribution is 2.33. The molecule has 0 spiro atoms. The van der Waals surface area contributed by atoms with E-state index in [-0.39, 0.29) is 40.3 Å². The summed E-state index contributed by atoms with van der Waals surface area (Å²) in [6, 6.07) is 6.45. The topological polar surface area (TPSA) is 92.9 Å². The van der Waals surface area contributed by atoms with Gasteiger partial charge in [-0.1, -0.05) is 6.07 Å². The largest absolute Gasteiger partial charge is 0.478 e. The number of hydrogen-bond acceptors (Lipinski definition) is 5. The van der Waals surface area contributed by atoms with Crippen LogP contribution in [0.4, 0.5) is 27.8 Å². The van der Waals surface area contributed by atoms with Crippen molar-refractivity contribution in [2.45, 2.75) is 12.7 Å². The Morgan fingerprint density at radius 2 is 1.84 bits per heavy atom. The van der Waals surface area contributed by atoms with Gasteiger partial charge >= 0.3 is 12.1 Å². The van der Waals surface area contributed by atoms with Crippen molar-refractivity contribution in [2.75, 3.05) is 5.32 Å². The molecule has 12 heteroatoms. The van der Waals surface area contributed by atoms with Crippen molar-refractivity contribution in [1.29, 1.82) is 0 Å². The van der Waals surface area contributed by atoms with Crippen LogP contribution >= 0.6 is 0 Å². The number of halogens is 5. The third-order valence-electron chi connectivity index (χ3n) is 4.50. The molecule has 2 aromatic heterocycles. The van der Waals surface area contributed by atoms with Gasteiger partial charge in [0.05, 0.1) is 29.0 Å². The van der Waals surface area contributed by atoms with E-state index in [0.29, 0.717) is 0 Å². The van der Waals surface area contributed by atoms with Crippen molar-refractivity contribution in [2.24, 2.45) is 0 Å². The number of carboxylic acid groups (broad SMARTS) is 1. The van der Waals surface area contributed by atoms with E-state index in [4.69, 9.17) is 5.11 Å². The molecule has 4 aromatic rings. The monoisotopic (exact) mass is 449 g/mol. The standard InChI is InChI=1S/C20H12F5N5O2/c21-12-3-1-11(13(22)6-12)7-26-16-8-28-17(9-27-16)30-15-4-2-10(18(31)32)5-14(15)29-19(30)20(23,24)25/h1-6,8-9H,7H2,(H,26,27)(H,31,32). The molecule has 0 saturated carbocycles. The molecule has 2 aromatic carbocycles. The van der Waals surface area contributed by atoms with Crippen LogP contribution in [0, 0.1) is 11.6 Å². The van der Waals surface area contributed by atoms with E-state index in [1.165, 1.54) is 12.1 Å². The average molecular weight is 449 g/mol. The zero-order chi connectivity index (χ0) is 23.0. The van der Waals surface area contributed by atoms with Gasteiger partial charge in [0.2, 0.25) is 5.82 Å². The van der Waals surface area contributed by atoms with E-state index < -0.39 is 29.6 Å². The molecule has 0 bridgehead atoms. The molecule has 0 aliphatic rings. The summed E-state index contributed by atoms with van der Waals surface area (Å²) >= 11 is 0. The Labute approximate surface area is 176 Å². The molecular formula is C20H12F5N5O2. The summed E-state index contributed by atoms with van der Waals surface area (Å²) < 4.78 is 68.1. The molecule has 0 saturated heterocycles. The van der Waals surface area contributed by atoms with Crippen LogP contribution in [-0.2, 0) is 12.7 Å². The van der Waals surface area contributed by atoms with Gasteiger partial charge in [-0.2, -0.15) is 13.2 Å². The minimum Gasteiger partial charge on any atom is -0.478 e. The van der Waals surface area contributed by atoms with Gasteiger partial charge in [0.25, 0.3) is 0 Å². The number of alkyl halides is 3. The normalized spacial score (nSPS) is 11.7. The Balaban J connectivity index is 1.67. The van der Waals surface area contributed by atoms with Gasteiger partial charge in [-0.15, -0.1) is 0 Å². The lowest BCUT2D eigenvalue weighted by Gasteiger charge is -2.11. The van der Waals surface area contributed by atoms with Crippen molar-refractivity contribution in [3.05, 3.63) is 77.4 Å². The number of anilines is 1. The molecule has 4 rings (SSSR count). The van der Waals surface area contributed by atoms with Crippen LogP contribution in [0.15, 0.2) is 48.8 Å². The average Bonchev–Trinajstić information content (AvgIpc) is 3.13. The van der Waals surface area contributed by atoms with Crippen LogP contribution < -0.4 is 5.32 Å². The van der Waals surface area contributed by atoms with E-state index in [0.717, 1.165) is 41.2 Å². The Morgan fingerprint density at radius 3 is 2.47 bits per heavy atom. The summed E-state index contributed by atoms with van der Waals surface area (Å²) in [6.45, 7) is -0.0556. The number of carboxylic acids is 1. The van der Waals surface area contributed by atoms with E-state index in [1.54, 1.807) is 0 Å². The van der Waals surface area contributed by atoms with Gasteiger partial charge in [0.1, 0.15) is 17.5 Å². The first kappa shape index (κ1) is 21.2. The van der Waals surface area contributed by atoms with Crippen LogP contribution in [0.25, 0.3) is 16.9 Å². The lowest BCUT2D eigenvalue weighted by atomic mass is 10.2. The molecule has 2 N–H and O–H groups in total. The highest BCUT2D eigenvalue weighted by molar-refractivity contribution is 5.92. The number of aromatic nitrogens is 4. The second-order valence-corrected chi connectivity index (χ2v) is 6.63. The molecule has 7 nitrogen and oxygen atoms in total. The number of benzene rings is 2. The number of fused-ring (bicyclic) bond motifs is 1. The number of nitrogens with zero attached hydrogens (tertiary/aromatic N) is 4. The fourth-order valence-corrected chi connectivity index (χ4v) is 3.01. The fraction of sp³-hybridized carbons (Fsp3) is 0.100. The molecule has 32 heavy (non-hydrogen) atoms. The van der Waals surface area contributed by atoms with Crippen LogP contribution in [0.5, 0.6) is 0 Å². The van der Waals surface area contributed by atoms with Gasteiger partial charge in [0, 0.05) is 18.2 Å². The lowest BCUT2D eigenvalue weighted by molar-refractivity contribution is -0.145. The van der Waals surface area contributed by atoms with Crippen LogP contribution in [0.3, 0.4) is 0 Å². The number of rotatable bonds is 5. The number of nitrogens with one attached hydrogen (secondary N) is 1. The van der Waals surface area contributed by atoms with Gasteiger partial charge in [0.15, 0.2) is 5.82 Å². The Kier molecular flexibility index (Phi) is 5.20. The van der Waals surface area contributed by atoms with Crippen LogP contribution in [0.1, 0.15) is 21.7 Å². The molecule has 0 radical (unpaired) electrons. The summed E-state index contributed by atoms with van der Waals surface area (Å²) in [4.78, 5) is 22.6. The quantitative estimate of drug-likeness (QED) is 0.438. The van der Waals surface area contributed by atoms with Crippen molar-refractivity contribution in [3.8, 4) is 5.82 Å². The predicted octanol–water partition coefficient (Wildman–Crippen LogP) is 4.42. The van der Waals surface area contributed by atoms with Gasteiger partial charge in [-0.25, -0.2) is 28.5 Å². The first-order chi connectivity index (χ1) is 15.1. The zero-order valence-electron chi connectivity index (χ0n) is 15.9. The first-order valence-corrected chi connectivity index (χ1v) is 8.96. The molecule has 0 fully saturated rings. The third kappa shape index (κ3) is 4.06. The molecular weight excluding hydrogens is 437 g/mol. The Hall–Kier alpha value is -4.09. The zero-order valence-corrected chi connectivity index (χ0v) is 15.9. The van der Waals surface area contributed by atoms with Gasteiger partial charge in [-0.05, 0) is 24.3 Å². The smallest absolute Gasteiger partial charge is 0.450 e. The summed E-state index contributed by atoms with van der Waals surface area (Å²) in [7, 11) is 0. The summed E-state index contributed by atoms with van der Waals surface area (Å²) in [6.07, 6.45) is -2.64. The molecule has 164 valence electrons. The second kappa shape index (κ2) is 7.87. The van der Waals surface area contributed by atoms with Gasteiger partial charge < -0.3 is 10.4 Å². The summed E-state index contributed by atoms with van der Waals surface area (Å²) in [5, 5.41) is 11.8. The lowest BCUT2D eigenvalue weighted by Crippen LogP contribution is -2.15. The maximum atomic E-state index is 13.7. The van der Waals surface area contributed by atoms with Crippen molar-refractivity contribution >= 4 is 22.8 Å². The van der Waals surface area contributed by atoms with E-state index in [9.17, 15) is 26.7 Å². The SMILES string of the molecule is O=C(O)c1ccc2c(c1)nc(C(F)(F)F)n2-c1cnc(NCc2ccc(F)cc2F)cn1.